The third-order valence-corrected chi connectivity index (χ3v) is 6.73. The van der Waals surface area contributed by atoms with Crippen molar-refractivity contribution in [1.82, 2.24) is 0 Å². The fraction of sp³-hybridized carbons (Fsp3) is 0.483. The minimum atomic E-state index is -2.01. The molecule has 0 saturated carbocycles. The number of hydrogen-bond donors (Lipinski definition) is 0. The number of allylic oxidation sites excluding steroid dienone is 1. The molecule has 0 aliphatic rings. The molecule has 2 atom stereocenters. The first-order valence-corrected chi connectivity index (χ1v) is 13.3. The minimum Gasteiger partial charge on any atom is -0.550 e. The van der Waals surface area contributed by atoms with Gasteiger partial charge in [-0.3, -0.25) is 0 Å². The molecule has 2 unspecified atom stereocenters. The van der Waals surface area contributed by atoms with Gasteiger partial charge in [-0.05, 0) is 84.6 Å². The summed E-state index contributed by atoms with van der Waals surface area (Å²) in [4.78, 5) is 81.5. The Morgan fingerprint density at radius 1 is 0.440 bits per heavy atom. The van der Waals surface area contributed by atoms with Crippen LogP contribution in [0.15, 0.2) is 45.6 Å². The van der Waals surface area contributed by atoms with E-state index < -0.39 is 126 Å². The largest absolute Gasteiger partial charge is 1.00 e. The molecule has 0 fully saturated rings. The molecule has 21 heteroatoms. The Balaban J connectivity index is -0.000000420. The van der Waals surface area contributed by atoms with Crippen LogP contribution in [0.2, 0.25) is 0 Å². The average molecular weight is 764 g/mol. The van der Waals surface area contributed by atoms with E-state index in [9.17, 15) is 69.3 Å². The predicted octanol–water partition coefficient (Wildman–Crippen LogP) is -26.5. The van der Waals surface area contributed by atoms with Gasteiger partial charge in [-0.2, -0.15) is 0 Å². The van der Waals surface area contributed by atoms with Gasteiger partial charge in [0.25, 0.3) is 0 Å². The Morgan fingerprint density at radius 2 is 0.740 bits per heavy atom. The van der Waals surface area contributed by atoms with Crippen molar-refractivity contribution in [2.45, 2.75) is 78.6 Å². The van der Waals surface area contributed by atoms with Crippen molar-refractivity contribution in [2.24, 2.45) is 11.8 Å². The Bertz CT molecular complexity index is 1260. The van der Waals surface area contributed by atoms with Crippen LogP contribution in [0, 0.1) is 11.8 Å². The second kappa shape index (κ2) is 38.1. The van der Waals surface area contributed by atoms with Crippen molar-refractivity contribution in [3.05, 3.63) is 45.6 Å². The van der Waals surface area contributed by atoms with Gasteiger partial charge in [0.05, 0.1) is 35.8 Å². The second-order valence-electron chi connectivity index (χ2n) is 9.58. The summed E-state index contributed by atoms with van der Waals surface area (Å²) in [5.41, 5.74) is -4.92. The standard InChI is InChI=1S/C29H38O14.7Na/c1-4-7-8-17(24(32)33)19(26(36)37)11-15(5-2)13-21(28(40)41)22(29(42)43)14-16(6-3)12-20(27(38)39)18(25(34)35)9-10-23(30)31;;;;;;;/h7-8,15-16H,4-6,9-14H2,1-3H3,(H,30,31)(H,32,33)(H,34,35)(H,36,37)(H,38,39)(H,40,41)(H,42,43);;;;;;;/q;7*+1/p-7/b8-7+,19-17-,20-18-,22-21-;;;;;;;. The first kappa shape index (κ1) is 70.1. The van der Waals surface area contributed by atoms with Crippen molar-refractivity contribution < 1.29 is 276 Å². The molecule has 0 aromatic rings. The smallest absolute Gasteiger partial charge is 0.550 e. The van der Waals surface area contributed by atoms with Crippen molar-refractivity contribution in [3.63, 3.8) is 0 Å². The number of hydrogen-bond acceptors (Lipinski definition) is 14. The van der Waals surface area contributed by atoms with E-state index in [4.69, 9.17) is 0 Å². The van der Waals surface area contributed by atoms with E-state index >= 15 is 0 Å². The summed E-state index contributed by atoms with van der Waals surface area (Å²) in [5, 5.41) is 81.5. The maximum absolute atomic E-state index is 12.1. The van der Waals surface area contributed by atoms with Gasteiger partial charge in [-0.1, -0.05) is 45.8 Å². The first-order chi connectivity index (χ1) is 20.0. The average Bonchev–Trinajstić information content (AvgIpc) is 2.90. The molecule has 0 amide bonds. The summed E-state index contributed by atoms with van der Waals surface area (Å²) in [6.07, 6.45) is -1.52. The summed E-state index contributed by atoms with van der Waals surface area (Å²) in [6.45, 7) is 4.61. The number of carboxylic acid groups (broad SMARTS) is 7. The predicted molar refractivity (Wildman–Crippen MR) is 131 cm³/mol. The van der Waals surface area contributed by atoms with Gasteiger partial charge < -0.3 is 69.3 Å². The third-order valence-electron chi connectivity index (χ3n) is 6.73. The van der Waals surface area contributed by atoms with E-state index in [1.807, 2.05) is 0 Å². The topological polar surface area (TPSA) is 281 Å². The van der Waals surface area contributed by atoms with Crippen LogP contribution in [-0.2, 0) is 33.6 Å². The molecule has 0 N–H and O–H groups in total. The van der Waals surface area contributed by atoms with Gasteiger partial charge in [-0.15, -0.1) is 0 Å². The third kappa shape index (κ3) is 27.0. The van der Waals surface area contributed by atoms with Crippen LogP contribution in [0.3, 0.4) is 0 Å². The van der Waals surface area contributed by atoms with Gasteiger partial charge >= 0.3 is 207 Å². The monoisotopic (exact) mass is 764 g/mol. The van der Waals surface area contributed by atoms with Crippen molar-refractivity contribution in [1.29, 1.82) is 0 Å². The van der Waals surface area contributed by atoms with E-state index in [0.717, 1.165) is 6.08 Å². The molecule has 0 bridgehead atoms. The van der Waals surface area contributed by atoms with Crippen molar-refractivity contribution >= 4 is 41.8 Å². The van der Waals surface area contributed by atoms with Crippen LogP contribution >= 0.6 is 0 Å². The number of carboxylic acids is 7. The van der Waals surface area contributed by atoms with Gasteiger partial charge in [-0.25, -0.2) is 0 Å². The number of aliphatic carboxylic acids is 7. The van der Waals surface area contributed by atoms with Gasteiger partial charge in [0, 0.05) is 11.5 Å². The van der Waals surface area contributed by atoms with Gasteiger partial charge in [0.15, 0.2) is 0 Å². The summed E-state index contributed by atoms with van der Waals surface area (Å²) in [6, 6.07) is 0. The molecule has 0 radical (unpaired) electrons. The minimum absolute atomic E-state index is 0. The summed E-state index contributed by atoms with van der Waals surface area (Å²) in [5.74, 6) is -15.4. The van der Waals surface area contributed by atoms with Crippen LogP contribution in [0.5, 0.6) is 0 Å². The summed E-state index contributed by atoms with van der Waals surface area (Å²) < 4.78 is 0. The molecule has 0 aliphatic heterocycles. The number of carbonyl (C=O) groups excluding carboxylic acids is 7. The summed E-state index contributed by atoms with van der Waals surface area (Å²) >= 11 is 0. The van der Waals surface area contributed by atoms with E-state index in [1.54, 1.807) is 6.92 Å². The Labute approximate surface area is 446 Å². The Morgan fingerprint density at radius 3 is 0.980 bits per heavy atom. The molecule has 0 rings (SSSR count). The zero-order valence-corrected chi connectivity index (χ0v) is 44.9. The molecular formula is C29H31Na7O14. The van der Waals surface area contributed by atoms with Crippen LogP contribution < -0.4 is 243 Å². The first-order valence-electron chi connectivity index (χ1n) is 13.3. The molecule has 14 nitrogen and oxygen atoms in total. The molecule has 0 aromatic heterocycles. The van der Waals surface area contributed by atoms with Crippen molar-refractivity contribution in [3.8, 4) is 0 Å². The second-order valence-corrected chi connectivity index (χ2v) is 9.58. The molecule has 0 spiro atoms. The fourth-order valence-electron chi connectivity index (χ4n) is 4.30. The van der Waals surface area contributed by atoms with Crippen LogP contribution in [0.4, 0.5) is 0 Å². The van der Waals surface area contributed by atoms with E-state index in [-0.39, 0.29) is 220 Å². The van der Waals surface area contributed by atoms with Crippen LogP contribution in [0.25, 0.3) is 0 Å². The zero-order chi connectivity index (χ0) is 33.4. The maximum Gasteiger partial charge on any atom is 1.00 e. The Kier molecular flexibility index (Phi) is 53.5. The molecule has 50 heavy (non-hydrogen) atoms. The zero-order valence-electron chi connectivity index (χ0n) is 30.9. The van der Waals surface area contributed by atoms with Gasteiger partial charge in [0.2, 0.25) is 0 Å². The maximum atomic E-state index is 12.1. The fourth-order valence-corrected chi connectivity index (χ4v) is 4.30. The van der Waals surface area contributed by atoms with E-state index in [2.05, 4.69) is 0 Å². The van der Waals surface area contributed by atoms with Crippen molar-refractivity contribution in [2.75, 3.05) is 0 Å². The molecule has 0 heterocycles. The molecule has 238 valence electrons. The number of carbonyl (C=O) groups is 7. The normalized spacial score (nSPS) is 12.5. The van der Waals surface area contributed by atoms with Crippen LogP contribution in [-0.4, -0.2) is 41.8 Å². The molecule has 0 aromatic carbocycles. The summed E-state index contributed by atoms with van der Waals surface area (Å²) in [7, 11) is 0. The SMILES string of the molecule is CC/C=C/C(C(=O)[O-])=C(\CC(CC)C/C(C(=O)[O-])=C(\CC(CC)C/C(C(=O)[O-])=C(\CCC(=O)[O-])C(=O)[O-])C(=O)[O-])C(=O)[O-].[Na+].[Na+].[Na+].[Na+].[Na+].[Na+].[Na+]. The van der Waals surface area contributed by atoms with Gasteiger partial charge in [0.1, 0.15) is 0 Å². The molecule has 0 saturated heterocycles. The number of rotatable bonds is 21. The molecule has 0 aliphatic carbocycles. The molecular weight excluding hydrogens is 733 g/mol. The quantitative estimate of drug-likeness (QED) is 0.0596. The van der Waals surface area contributed by atoms with E-state index in [1.165, 1.54) is 19.9 Å². The Hall–Kier alpha value is 2.25. The van der Waals surface area contributed by atoms with Crippen LogP contribution in [0.1, 0.15) is 78.6 Å². The van der Waals surface area contributed by atoms with E-state index in [0.29, 0.717) is 6.42 Å².